The van der Waals surface area contributed by atoms with E-state index in [9.17, 15) is 4.79 Å². The monoisotopic (exact) mass is 305 g/mol. The molecule has 1 saturated carbocycles. The van der Waals surface area contributed by atoms with Gasteiger partial charge in [-0.15, -0.1) is 11.3 Å². The topological polar surface area (TPSA) is 20.3 Å². The summed E-state index contributed by atoms with van der Waals surface area (Å²) in [4.78, 5) is 16.0. The molecular formula is C16H16ClNOS. The number of carbonyl (C=O) groups is 1. The highest BCUT2D eigenvalue weighted by molar-refractivity contribution is 7.09. The Balaban J connectivity index is 1.73. The molecular weight excluding hydrogens is 290 g/mol. The van der Waals surface area contributed by atoms with Gasteiger partial charge in [-0.2, -0.15) is 0 Å². The summed E-state index contributed by atoms with van der Waals surface area (Å²) in [5.41, 5.74) is 0.618. The van der Waals surface area contributed by atoms with Crippen molar-refractivity contribution in [1.82, 2.24) is 4.90 Å². The van der Waals surface area contributed by atoms with Crippen molar-refractivity contribution in [3.8, 4) is 0 Å². The highest BCUT2D eigenvalue weighted by Gasteiger charge is 2.33. The minimum Gasteiger partial charge on any atom is -0.335 e. The zero-order chi connectivity index (χ0) is 13.9. The summed E-state index contributed by atoms with van der Waals surface area (Å²) in [6.45, 7) is 0.773. The van der Waals surface area contributed by atoms with Gasteiger partial charge in [0.2, 0.25) is 0 Å². The molecule has 0 atom stereocenters. The second-order valence-corrected chi connectivity index (χ2v) is 6.48. The first-order valence-electron chi connectivity index (χ1n) is 6.83. The van der Waals surface area contributed by atoms with E-state index >= 15 is 0 Å². The number of carbonyl (C=O) groups excluding carboxylic acids is 1. The Labute approximate surface area is 128 Å². The first kappa shape index (κ1) is 13.7. The molecule has 0 radical (unpaired) electrons. The molecule has 1 fully saturated rings. The zero-order valence-electron chi connectivity index (χ0n) is 11.1. The molecule has 1 aromatic heterocycles. The Morgan fingerprint density at radius 2 is 2.05 bits per heavy atom. The molecule has 0 unspecified atom stereocenters. The van der Waals surface area contributed by atoms with Gasteiger partial charge >= 0.3 is 0 Å². The van der Waals surface area contributed by atoms with Crippen LogP contribution in [0.1, 0.15) is 28.1 Å². The van der Waals surface area contributed by atoms with Gasteiger partial charge in [0.05, 0.1) is 10.6 Å². The third-order valence-corrected chi connectivity index (χ3v) is 4.80. The van der Waals surface area contributed by atoms with Crippen LogP contribution in [0.25, 0.3) is 0 Å². The number of thiophene rings is 1. The number of amides is 1. The first-order valence-corrected chi connectivity index (χ1v) is 8.09. The smallest absolute Gasteiger partial charge is 0.255 e. The summed E-state index contributed by atoms with van der Waals surface area (Å²) >= 11 is 7.89. The number of nitrogens with zero attached hydrogens (tertiary/aromatic N) is 1. The molecule has 0 bridgehead atoms. The minimum absolute atomic E-state index is 0.0645. The van der Waals surface area contributed by atoms with E-state index in [4.69, 9.17) is 11.6 Å². The molecule has 1 aliphatic rings. The normalized spacial score (nSPS) is 14.2. The van der Waals surface area contributed by atoms with Crippen molar-refractivity contribution in [3.05, 3.63) is 57.2 Å². The van der Waals surface area contributed by atoms with E-state index in [0.29, 0.717) is 16.6 Å². The van der Waals surface area contributed by atoms with E-state index in [1.54, 1.807) is 17.4 Å². The van der Waals surface area contributed by atoms with Crippen LogP contribution in [0.4, 0.5) is 0 Å². The number of hydrogen-bond acceptors (Lipinski definition) is 2. The van der Waals surface area contributed by atoms with Crippen LogP contribution in [0.2, 0.25) is 5.02 Å². The SMILES string of the molecule is O=C(c1ccccc1Cl)N(CCc1cccs1)C1CC1. The molecule has 0 spiro atoms. The summed E-state index contributed by atoms with van der Waals surface area (Å²) in [6.07, 6.45) is 3.14. The van der Waals surface area contributed by atoms with E-state index in [1.165, 1.54) is 4.88 Å². The van der Waals surface area contributed by atoms with Crippen LogP contribution in [0.5, 0.6) is 0 Å². The molecule has 1 amide bonds. The summed E-state index contributed by atoms with van der Waals surface area (Å²) in [6, 6.07) is 11.9. The van der Waals surface area contributed by atoms with E-state index in [1.807, 2.05) is 23.1 Å². The van der Waals surface area contributed by atoms with Crippen LogP contribution in [-0.2, 0) is 6.42 Å². The molecule has 1 heterocycles. The molecule has 3 rings (SSSR count). The van der Waals surface area contributed by atoms with E-state index < -0.39 is 0 Å². The van der Waals surface area contributed by atoms with Gasteiger partial charge in [0.25, 0.3) is 5.91 Å². The van der Waals surface area contributed by atoms with Crippen LogP contribution < -0.4 is 0 Å². The zero-order valence-corrected chi connectivity index (χ0v) is 12.7. The maximum atomic E-state index is 12.7. The van der Waals surface area contributed by atoms with Crippen LogP contribution >= 0.6 is 22.9 Å². The molecule has 1 aliphatic carbocycles. The Bertz CT molecular complexity index is 592. The van der Waals surface area contributed by atoms with Gasteiger partial charge in [-0.1, -0.05) is 29.8 Å². The molecule has 104 valence electrons. The Morgan fingerprint density at radius 1 is 1.25 bits per heavy atom. The molecule has 4 heteroatoms. The van der Waals surface area contributed by atoms with E-state index in [0.717, 1.165) is 25.8 Å². The molecule has 20 heavy (non-hydrogen) atoms. The summed E-state index contributed by atoms with van der Waals surface area (Å²) in [7, 11) is 0. The third kappa shape index (κ3) is 3.05. The molecule has 1 aromatic carbocycles. The highest BCUT2D eigenvalue weighted by Crippen LogP contribution is 2.30. The molecule has 0 saturated heterocycles. The predicted molar refractivity (Wildman–Crippen MR) is 83.5 cm³/mol. The Morgan fingerprint density at radius 3 is 2.70 bits per heavy atom. The lowest BCUT2D eigenvalue weighted by atomic mass is 10.2. The third-order valence-electron chi connectivity index (χ3n) is 3.53. The molecule has 2 aromatic rings. The van der Waals surface area contributed by atoms with Crippen molar-refractivity contribution < 1.29 is 4.79 Å². The fourth-order valence-corrected chi connectivity index (χ4v) is 3.23. The van der Waals surface area contributed by atoms with Crippen LogP contribution in [0, 0.1) is 0 Å². The average molecular weight is 306 g/mol. The summed E-state index contributed by atoms with van der Waals surface area (Å²) in [5, 5.41) is 2.62. The Hall–Kier alpha value is -1.32. The predicted octanol–water partition coefficient (Wildman–Crippen LogP) is 4.25. The van der Waals surface area contributed by atoms with Crippen molar-refractivity contribution in [1.29, 1.82) is 0 Å². The largest absolute Gasteiger partial charge is 0.335 e. The number of hydrogen-bond donors (Lipinski definition) is 0. The number of benzene rings is 1. The fraction of sp³-hybridized carbons (Fsp3) is 0.312. The lowest BCUT2D eigenvalue weighted by Crippen LogP contribution is -2.35. The van der Waals surface area contributed by atoms with Crippen molar-refractivity contribution in [2.45, 2.75) is 25.3 Å². The maximum absolute atomic E-state index is 12.7. The van der Waals surface area contributed by atoms with Gasteiger partial charge in [0.15, 0.2) is 0 Å². The van der Waals surface area contributed by atoms with Gasteiger partial charge in [0.1, 0.15) is 0 Å². The van der Waals surface area contributed by atoms with Gasteiger partial charge in [-0.25, -0.2) is 0 Å². The van der Waals surface area contributed by atoms with Gasteiger partial charge < -0.3 is 4.90 Å². The first-order chi connectivity index (χ1) is 9.75. The van der Waals surface area contributed by atoms with Gasteiger partial charge in [-0.05, 0) is 42.8 Å². The minimum atomic E-state index is 0.0645. The van der Waals surface area contributed by atoms with Gasteiger partial charge in [-0.3, -0.25) is 4.79 Å². The lowest BCUT2D eigenvalue weighted by Gasteiger charge is -2.22. The fourth-order valence-electron chi connectivity index (χ4n) is 2.31. The highest BCUT2D eigenvalue weighted by atomic mass is 35.5. The van der Waals surface area contributed by atoms with Crippen LogP contribution in [0.15, 0.2) is 41.8 Å². The molecule has 2 nitrogen and oxygen atoms in total. The lowest BCUT2D eigenvalue weighted by molar-refractivity contribution is 0.0745. The second-order valence-electron chi connectivity index (χ2n) is 5.04. The van der Waals surface area contributed by atoms with E-state index in [-0.39, 0.29) is 5.91 Å². The quantitative estimate of drug-likeness (QED) is 0.808. The molecule has 0 N–H and O–H groups in total. The standard InChI is InChI=1S/C16H16ClNOS/c17-15-6-2-1-5-14(15)16(19)18(12-7-8-12)10-9-13-4-3-11-20-13/h1-6,11-12H,7-10H2. The summed E-state index contributed by atoms with van der Waals surface area (Å²) in [5.74, 6) is 0.0645. The van der Waals surface area contributed by atoms with Crippen molar-refractivity contribution in [2.75, 3.05) is 6.54 Å². The van der Waals surface area contributed by atoms with Crippen LogP contribution in [-0.4, -0.2) is 23.4 Å². The average Bonchev–Trinajstić information content (AvgIpc) is 3.15. The van der Waals surface area contributed by atoms with Crippen LogP contribution in [0.3, 0.4) is 0 Å². The van der Waals surface area contributed by atoms with Crippen molar-refractivity contribution >= 4 is 28.8 Å². The second kappa shape index (κ2) is 5.98. The maximum Gasteiger partial charge on any atom is 0.255 e. The van der Waals surface area contributed by atoms with Crippen molar-refractivity contribution in [2.24, 2.45) is 0 Å². The Kier molecular flexibility index (Phi) is 4.08. The van der Waals surface area contributed by atoms with Gasteiger partial charge in [0, 0.05) is 17.5 Å². The summed E-state index contributed by atoms with van der Waals surface area (Å²) < 4.78 is 0. The molecule has 0 aliphatic heterocycles. The number of rotatable bonds is 5. The number of halogens is 1. The van der Waals surface area contributed by atoms with E-state index in [2.05, 4.69) is 17.5 Å². The van der Waals surface area contributed by atoms with Crippen molar-refractivity contribution in [3.63, 3.8) is 0 Å².